The van der Waals surface area contributed by atoms with Gasteiger partial charge in [0.05, 0.1) is 5.57 Å². The van der Waals surface area contributed by atoms with Crippen molar-refractivity contribution < 1.29 is 14.7 Å². The van der Waals surface area contributed by atoms with Crippen LogP contribution in [0.3, 0.4) is 0 Å². The molecule has 4 aromatic rings. The summed E-state index contributed by atoms with van der Waals surface area (Å²) in [4.78, 5) is 28.8. The number of Topliss-reactive ketones (excluding diaryl/α,β-unsaturated/α-hetero) is 1. The van der Waals surface area contributed by atoms with Gasteiger partial charge in [-0.25, -0.2) is 0 Å². The molecule has 1 amide bonds. The summed E-state index contributed by atoms with van der Waals surface area (Å²) in [7, 11) is 0. The Morgan fingerprint density at radius 3 is 2.42 bits per heavy atom. The average molecular weight is 426 g/mol. The molecule has 1 N–H and O–H groups in total. The molecule has 2 heterocycles. The van der Waals surface area contributed by atoms with E-state index in [1.165, 1.54) is 16.2 Å². The molecule has 0 spiro atoms. The first-order valence-electron chi connectivity index (χ1n) is 9.96. The molecule has 0 radical (unpaired) electrons. The maximum Gasteiger partial charge on any atom is 0.300 e. The number of benzene rings is 3. The van der Waals surface area contributed by atoms with Crippen LogP contribution in [0.5, 0.6) is 0 Å². The average Bonchev–Trinajstić information content (AvgIpc) is 3.41. The third kappa shape index (κ3) is 3.05. The number of fused-ring (bicyclic) bond motifs is 1. The van der Waals surface area contributed by atoms with Crippen LogP contribution in [0.1, 0.15) is 22.0 Å². The fourth-order valence-corrected chi connectivity index (χ4v) is 5.03. The summed E-state index contributed by atoms with van der Waals surface area (Å²) >= 11 is 1.46. The summed E-state index contributed by atoms with van der Waals surface area (Å²) in [5.41, 5.74) is 2.21. The second-order valence-electron chi connectivity index (χ2n) is 7.50. The summed E-state index contributed by atoms with van der Waals surface area (Å²) in [5.74, 6) is -1.45. The van der Waals surface area contributed by atoms with Gasteiger partial charge in [-0.2, -0.15) is 0 Å². The van der Waals surface area contributed by atoms with Gasteiger partial charge in [-0.3, -0.25) is 14.5 Å². The van der Waals surface area contributed by atoms with Gasteiger partial charge >= 0.3 is 0 Å². The van der Waals surface area contributed by atoms with Gasteiger partial charge in [-0.1, -0.05) is 66.7 Å². The maximum absolute atomic E-state index is 13.3. The van der Waals surface area contributed by atoms with E-state index in [4.69, 9.17) is 0 Å². The van der Waals surface area contributed by atoms with Crippen LogP contribution >= 0.6 is 11.3 Å². The quantitative estimate of drug-likeness (QED) is 0.255. The van der Waals surface area contributed by atoms with E-state index in [9.17, 15) is 14.7 Å². The Bertz CT molecular complexity index is 1350. The summed E-state index contributed by atoms with van der Waals surface area (Å²) in [5, 5.41) is 15.1. The third-order valence-electron chi connectivity index (χ3n) is 5.68. The SMILES string of the molecule is Cc1ccccc1N1C(=O)C(=O)/C(=C(\O)c2cccc3ccccc23)C1c1cccs1. The zero-order valence-corrected chi connectivity index (χ0v) is 17.6. The van der Waals surface area contributed by atoms with Crippen molar-refractivity contribution in [3.63, 3.8) is 0 Å². The summed E-state index contributed by atoms with van der Waals surface area (Å²) in [6, 6.07) is 23.8. The number of carbonyl (C=O) groups is 2. The fourth-order valence-electron chi connectivity index (χ4n) is 4.21. The van der Waals surface area contributed by atoms with E-state index in [1.807, 2.05) is 85.1 Å². The minimum Gasteiger partial charge on any atom is -0.507 e. The van der Waals surface area contributed by atoms with Gasteiger partial charge in [-0.05, 0) is 40.8 Å². The number of thiophene rings is 1. The van der Waals surface area contributed by atoms with E-state index in [0.29, 0.717) is 11.3 Å². The number of hydrogen-bond acceptors (Lipinski definition) is 4. The molecule has 1 atom stereocenters. The summed E-state index contributed by atoms with van der Waals surface area (Å²) in [6.07, 6.45) is 0. The van der Waals surface area contributed by atoms with Crippen molar-refractivity contribution in [1.82, 2.24) is 0 Å². The van der Waals surface area contributed by atoms with Gasteiger partial charge in [0.1, 0.15) is 11.8 Å². The lowest BCUT2D eigenvalue weighted by molar-refractivity contribution is -0.132. The van der Waals surface area contributed by atoms with Crippen LogP contribution in [0.4, 0.5) is 5.69 Å². The van der Waals surface area contributed by atoms with Crippen LogP contribution in [0.2, 0.25) is 0 Å². The number of aliphatic hydroxyl groups is 1. The molecule has 1 aliphatic heterocycles. The monoisotopic (exact) mass is 425 g/mol. The molecule has 0 bridgehead atoms. The molecule has 5 rings (SSSR count). The highest BCUT2D eigenvalue weighted by Crippen LogP contribution is 2.44. The van der Waals surface area contributed by atoms with E-state index < -0.39 is 17.7 Å². The number of aliphatic hydroxyl groups excluding tert-OH is 1. The third-order valence-corrected chi connectivity index (χ3v) is 6.60. The highest BCUT2D eigenvalue weighted by molar-refractivity contribution is 7.10. The lowest BCUT2D eigenvalue weighted by atomic mass is 9.96. The van der Waals surface area contributed by atoms with E-state index in [1.54, 1.807) is 6.07 Å². The van der Waals surface area contributed by atoms with Gasteiger partial charge in [0.25, 0.3) is 11.7 Å². The molecule has 4 nitrogen and oxygen atoms in total. The first kappa shape index (κ1) is 19.3. The van der Waals surface area contributed by atoms with E-state index >= 15 is 0 Å². The Labute approximate surface area is 183 Å². The molecule has 152 valence electrons. The number of para-hydroxylation sites is 1. The van der Waals surface area contributed by atoms with Crippen molar-refractivity contribution in [2.75, 3.05) is 4.90 Å². The minimum absolute atomic E-state index is 0.118. The first-order valence-corrected chi connectivity index (χ1v) is 10.8. The van der Waals surface area contributed by atoms with Crippen LogP contribution in [0.15, 0.2) is 89.8 Å². The van der Waals surface area contributed by atoms with Crippen molar-refractivity contribution in [1.29, 1.82) is 0 Å². The van der Waals surface area contributed by atoms with E-state index in [-0.39, 0.29) is 11.3 Å². The Hall–Kier alpha value is -3.70. The maximum atomic E-state index is 13.3. The van der Waals surface area contributed by atoms with Gasteiger partial charge in [-0.15, -0.1) is 11.3 Å². The topological polar surface area (TPSA) is 57.6 Å². The number of anilines is 1. The van der Waals surface area contributed by atoms with Crippen molar-refractivity contribution in [2.45, 2.75) is 13.0 Å². The lowest BCUT2D eigenvalue weighted by Gasteiger charge is -2.25. The molecule has 0 saturated carbocycles. The predicted molar refractivity (Wildman–Crippen MR) is 124 cm³/mol. The highest BCUT2D eigenvalue weighted by atomic mass is 32.1. The molecule has 31 heavy (non-hydrogen) atoms. The van der Waals surface area contributed by atoms with Crippen LogP contribution in [0.25, 0.3) is 16.5 Å². The molecule has 1 saturated heterocycles. The number of nitrogens with zero attached hydrogens (tertiary/aromatic N) is 1. The van der Waals surface area contributed by atoms with Crippen LogP contribution in [-0.2, 0) is 9.59 Å². The second-order valence-corrected chi connectivity index (χ2v) is 8.48. The molecular formula is C26H19NO3S. The fraction of sp³-hybridized carbons (Fsp3) is 0.0769. The smallest absolute Gasteiger partial charge is 0.300 e. The normalized spacial score (nSPS) is 18.1. The zero-order chi connectivity index (χ0) is 21.5. The van der Waals surface area contributed by atoms with Gasteiger partial charge in [0, 0.05) is 16.1 Å². The molecule has 1 aliphatic rings. The highest BCUT2D eigenvalue weighted by Gasteiger charge is 2.47. The van der Waals surface area contributed by atoms with E-state index in [0.717, 1.165) is 21.2 Å². The van der Waals surface area contributed by atoms with Crippen molar-refractivity contribution in [3.8, 4) is 0 Å². The Morgan fingerprint density at radius 2 is 1.65 bits per heavy atom. The summed E-state index contributed by atoms with van der Waals surface area (Å²) < 4.78 is 0. The van der Waals surface area contributed by atoms with Crippen molar-refractivity contribution >= 4 is 45.2 Å². The standard InChI is InChI=1S/C26H19NO3S/c1-16-8-2-5-13-20(16)27-23(21-14-7-15-31-21)22(25(29)26(27)30)24(28)19-12-6-10-17-9-3-4-11-18(17)19/h2-15,23,28H,1H3/b24-22-. The minimum atomic E-state index is -0.680. The van der Waals surface area contributed by atoms with Crippen LogP contribution < -0.4 is 4.90 Å². The van der Waals surface area contributed by atoms with Crippen molar-refractivity contribution in [2.24, 2.45) is 0 Å². The van der Waals surface area contributed by atoms with Crippen LogP contribution in [-0.4, -0.2) is 16.8 Å². The largest absolute Gasteiger partial charge is 0.507 e. The molecule has 1 aromatic heterocycles. The molecule has 3 aromatic carbocycles. The Morgan fingerprint density at radius 1 is 0.903 bits per heavy atom. The second kappa shape index (κ2) is 7.52. The van der Waals surface area contributed by atoms with E-state index in [2.05, 4.69) is 0 Å². The van der Waals surface area contributed by atoms with Crippen LogP contribution in [0, 0.1) is 6.92 Å². The Balaban J connectivity index is 1.78. The first-order chi connectivity index (χ1) is 15.1. The summed E-state index contributed by atoms with van der Waals surface area (Å²) in [6.45, 7) is 1.91. The Kier molecular flexibility index (Phi) is 4.68. The van der Waals surface area contributed by atoms with Gasteiger partial charge < -0.3 is 5.11 Å². The number of carbonyl (C=O) groups excluding carboxylic acids is 2. The molecule has 5 heteroatoms. The number of amides is 1. The molecular weight excluding hydrogens is 406 g/mol. The predicted octanol–water partition coefficient (Wildman–Crippen LogP) is 5.84. The number of hydrogen-bond donors (Lipinski definition) is 1. The number of aryl methyl sites for hydroxylation is 1. The number of rotatable bonds is 3. The number of ketones is 1. The molecule has 1 unspecified atom stereocenters. The lowest BCUT2D eigenvalue weighted by Crippen LogP contribution is -2.29. The molecule has 0 aliphatic carbocycles. The van der Waals surface area contributed by atoms with Crippen molar-refractivity contribution in [3.05, 3.63) is 106 Å². The molecule has 1 fully saturated rings. The zero-order valence-electron chi connectivity index (χ0n) is 16.8. The van der Waals surface area contributed by atoms with Gasteiger partial charge in [0.2, 0.25) is 0 Å². The van der Waals surface area contributed by atoms with Gasteiger partial charge in [0.15, 0.2) is 0 Å².